The number of hydrogen-bond donors (Lipinski definition) is 2. The fraction of sp³-hybridized carbons (Fsp3) is 0.632. The molecule has 0 bridgehead atoms. The number of rotatable bonds is 8. The Balaban J connectivity index is 1.71. The fourth-order valence-electron chi connectivity index (χ4n) is 3.00. The number of ether oxygens (including phenoxy) is 1. The van der Waals surface area contributed by atoms with Gasteiger partial charge in [0.1, 0.15) is 0 Å². The molecule has 1 aromatic rings. The van der Waals surface area contributed by atoms with Crippen LogP contribution in [0.3, 0.4) is 0 Å². The van der Waals surface area contributed by atoms with Gasteiger partial charge in [-0.3, -0.25) is 9.89 Å². The lowest BCUT2D eigenvalue weighted by Crippen LogP contribution is -2.39. The monoisotopic (exact) mass is 332 g/mol. The molecule has 5 heteroatoms. The van der Waals surface area contributed by atoms with E-state index in [1.54, 1.807) is 0 Å². The second-order valence-corrected chi connectivity index (χ2v) is 6.72. The van der Waals surface area contributed by atoms with E-state index in [0.29, 0.717) is 17.8 Å². The first-order valence-electron chi connectivity index (χ1n) is 9.05. The highest BCUT2D eigenvalue weighted by Crippen LogP contribution is 2.24. The lowest BCUT2D eigenvalue weighted by atomic mass is 9.88. The fourth-order valence-corrected chi connectivity index (χ4v) is 3.00. The van der Waals surface area contributed by atoms with Gasteiger partial charge in [-0.05, 0) is 24.4 Å². The summed E-state index contributed by atoms with van der Waals surface area (Å²) in [5.74, 6) is 1.49. The Bertz CT molecular complexity index is 483. The highest BCUT2D eigenvalue weighted by Gasteiger charge is 2.15. The second-order valence-electron chi connectivity index (χ2n) is 6.72. The lowest BCUT2D eigenvalue weighted by Gasteiger charge is -2.26. The Morgan fingerprint density at radius 3 is 2.62 bits per heavy atom. The number of benzene rings is 1. The van der Waals surface area contributed by atoms with Crippen LogP contribution in [0.2, 0.25) is 0 Å². The maximum atomic E-state index is 6.02. The molecule has 1 atom stereocenters. The van der Waals surface area contributed by atoms with Crippen molar-refractivity contribution in [2.24, 2.45) is 16.6 Å². The number of morpholine rings is 1. The minimum Gasteiger partial charge on any atom is -0.379 e. The molecule has 0 aliphatic carbocycles. The Hall–Kier alpha value is -1.59. The van der Waals surface area contributed by atoms with Gasteiger partial charge in [0.2, 0.25) is 0 Å². The number of aliphatic imine (C=N–C) groups is 1. The van der Waals surface area contributed by atoms with Crippen LogP contribution < -0.4 is 11.1 Å². The molecule has 0 aromatic heterocycles. The summed E-state index contributed by atoms with van der Waals surface area (Å²) in [5.41, 5.74) is 7.35. The first-order valence-corrected chi connectivity index (χ1v) is 9.05. The average Bonchev–Trinajstić information content (AvgIpc) is 2.60. The number of guanidine groups is 1. The zero-order chi connectivity index (χ0) is 17.2. The molecule has 134 valence electrons. The second kappa shape index (κ2) is 10.3. The summed E-state index contributed by atoms with van der Waals surface area (Å²) in [6, 6.07) is 10.6. The van der Waals surface area contributed by atoms with Crippen molar-refractivity contribution in [2.45, 2.75) is 26.2 Å². The predicted molar refractivity (Wildman–Crippen MR) is 100 cm³/mol. The van der Waals surface area contributed by atoms with Gasteiger partial charge < -0.3 is 15.8 Å². The molecule has 5 nitrogen and oxygen atoms in total. The van der Waals surface area contributed by atoms with E-state index in [1.807, 2.05) is 0 Å². The maximum absolute atomic E-state index is 6.02. The lowest BCUT2D eigenvalue weighted by molar-refractivity contribution is 0.0376. The normalized spacial score (nSPS) is 17.9. The quantitative estimate of drug-likeness (QED) is 0.434. The van der Waals surface area contributed by atoms with Crippen molar-refractivity contribution in [2.75, 3.05) is 45.9 Å². The van der Waals surface area contributed by atoms with Crippen LogP contribution in [-0.2, 0) is 4.74 Å². The number of hydrogen-bond acceptors (Lipinski definition) is 3. The zero-order valence-corrected chi connectivity index (χ0v) is 15.1. The molecular weight excluding hydrogens is 300 g/mol. The minimum absolute atomic E-state index is 0.403. The largest absolute Gasteiger partial charge is 0.379 e. The maximum Gasteiger partial charge on any atom is 0.188 e. The van der Waals surface area contributed by atoms with Crippen LogP contribution in [0.25, 0.3) is 0 Å². The molecule has 1 heterocycles. The number of nitrogens with zero attached hydrogens (tertiary/aromatic N) is 2. The highest BCUT2D eigenvalue weighted by molar-refractivity contribution is 5.77. The molecule has 3 N–H and O–H groups in total. The molecule has 0 amide bonds. The summed E-state index contributed by atoms with van der Waals surface area (Å²) in [5, 5.41) is 3.24. The van der Waals surface area contributed by atoms with Crippen LogP contribution in [-0.4, -0.2) is 56.8 Å². The van der Waals surface area contributed by atoms with Crippen molar-refractivity contribution in [1.82, 2.24) is 10.2 Å². The van der Waals surface area contributed by atoms with E-state index in [0.717, 1.165) is 52.4 Å². The topological polar surface area (TPSA) is 62.9 Å². The van der Waals surface area contributed by atoms with Gasteiger partial charge >= 0.3 is 0 Å². The van der Waals surface area contributed by atoms with Gasteiger partial charge in [0.05, 0.1) is 13.2 Å². The van der Waals surface area contributed by atoms with Crippen molar-refractivity contribution >= 4 is 5.96 Å². The Kier molecular flexibility index (Phi) is 8.05. The van der Waals surface area contributed by atoms with E-state index < -0.39 is 0 Å². The van der Waals surface area contributed by atoms with Crippen molar-refractivity contribution in [3.8, 4) is 0 Å². The number of nitrogens with one attached hydrogen (secondary N) is 1. The third kappa shape index (κ3) is 6.49. The molecule has 24 heavy (non-hydrogen) atoms. The predicted octanol–water partition coefficient (Wildman–Crippen LogP) is 2.05. The van der Waals surface area contributed by atoms with Crippen molar-refractivity contribution < 1.29 is 4.74 Å². The summed E-state index contributed by atoms with van der Waals surface area (Å²) in [6.07, 6.45) is 1.07. The van der Waals surface area contributed by atoms with E-state index in [4.69, 9.17) is 10.5 Å². The Morgan fingerprint density at radius 1 is 1.25 bits per heavy atom. The molecular formula is C19H32N4O. The van der Waals surface area contributed by atoms with Crippen molar-refractivity contribution in [3.63, 3.8) is 0 Å². The smallest absolute Gasteiger partial charge is 0.188 e. The van der Waals surface area contributed by atoms with Crippen molar-refractivity contribution in [3.05, 3.63) is 35.9 Å². The summed E-state index contributed by atoms with van der Waals surface area (Å²) >= 11 is 0. The SMILES string of the molecule is CC(C)C(CN=C(N)NCCCN1CCOCC1)c1ccccc1. The van der Waals surface area contributed by atoms with Crippen LogP contribution in [0.15, 0.2) is 35.3 Å². The third-order valence-electron chi connectivity index (χ3n) is 4.55. The van der Waals surface area contributed by atoms with Gasteiger partial charge in [-0.25, -0.2) is 0 Å². The van der Waals surface area contributed by atoms with Crippen molar-refractivity contribution in [1.29, 1.82) is 0 Å². The van der Waals surface area contributed by atoms with Crippen LogP contribution >= 0.6 is 0 Å². The highest BCUT2D eigenvalue weighted by atomic mass is 16.5. The summed E-state index contributed by atoms with van der Waals surface area (Å²) in [7, 11) is 0. The van der Waals surface area contributed by atoms with E-state index in [9.17, 15) is 0 Å². The third-order valence-corrected chi connectivity index (χ3v) is 4.55. The van der Waals surface area contributed by atoms with Crippen LogP contribution in [0.1, 0.15) is 31.7 Å². The molecule has 1 unspecified atom stereocenters. The molecule has 1 aliphatic heterocycles. The van der Waals surface area contributed by atoms with E-state index >= 15 is 0 Å². The van der Waals surface area contributed by atoms with E-state index in [-0.39, 0.29) is 0 Å². The summed E-state index contributed by atoms with van der Waals surface area (Å²) in [6.45, 7) is 10.9. The molecule has 2 rings (SSSR count). The Morgan fingerprint density at radius 2 is 1.96 bits per heavy atom. The van der Waals surface area contributed by atoms with Gasteiger partial charge in [-0.2, -0.15) is 0 Å². The molecule has 1 aromatic carbocycles. The summed E-state index contributed by atoms with van der Waals surface area (Å²) < 4.78 is 5.36. The van der Waals surface area contributed by atoms with E-state index in [2.05, 4.69) is 59.4 Å². The first kappa shape index (κ1) is 18.7. The summed E-state index contributed by atoms with van der Waals surface area (Å²) in [4.78, 5) is 6.99. The zero-order valence-electron chi connectivity index (χ0n) is 15.1. The first-order chi connectivity index (χ1) is 11.7. The average molecular weight is 332 g/mol. The van der Waals surface area contributed by atoms with Gasteiger partial charge in [0, 0.05) is 32.1 Å². The standard InChI is InChI=1S/C19H32N4O/c1-16(2)18(17-7-4-3-5-8-17)15-22-19(20)21-9-6-10-23-11-13-24-14-12-23/h3-5,7-8,16,18H,6,9-15H2,1-2H3,(H3,20,21,22). The van der Waals surface area contributed by atoms with Gasteiger partial charge in [-0.1, -0.05) is 44.2 Å². The minimum atomic E-state index is 0.403. The molecule has 0 spiro atoms. The molecule has 0 radical (unpaired) electrons. The van der Waals surface area contributed by atoms with Gasteiger partial charge in [0.15, 0.2) is 5.96 Å². The molecule has 1 saturated heterocycles. The van der Waals surface area contributed by atoms with Crippen LogP contribution in [0, 0.1) is 5.92 Å². The van der Waals surface area contributed by atoms with E-state index in [1.165, 1.54) is 5.56 Å². The molecule has 1 fully saturated rings. The van der Waals surface area contributed by atoms with Gasteiger partial charge in [-0.15, -0.1) is 0 Å². The molecule has 0 saturated carbocycles. The van der Waals surface area contributed by atoms with Crippen LogP contribution in [0.4, 0.5) is 0 Å². The van der Waals surface area contributed by atoms with Gasteiger partial charge in [0.25, 0.3) is 0 Å². The number of nitrogens with two attached hydrogens (primary N) is 1. The van der Waals surface area contributed by atoms with Crippen LogP contribution in [0.5, 0.6) is 0 Å². The molecule has 1 aliphatic rings. The Labute approximate surface area is 146 Å².